The summed E-state index contributed by atoms with van der Waals surface area (Å²) in [5.74, 6) is 7.94. The van der Waals surface area contributed by atoms with Crippen molar-refractivity contribution >= 4 is 34.2 Å². The van der Waals surface area contributed by atoms with Crippen molar-refractivity contribution in [2.75, 3.05) is 0 Å². The van der Waals surface area contributed by atoms with Gasteiger partial charge in [-0.25, -0.2) is 0 Å². The van der Waals surface area contributed by atoms with Crippen molar-refractivity contribution < 1.29 is 30.0 Å². The molecule has 4 rings (SSSR count). The zero-order valence-corrected chi connectivity index (χ0v) is 33.6. The molecule has 1 heterocycles. The number of rotatable bonds is 9. The molecule has 0 saturated carbocycles. The second-order valence-electron chi connectivity index (χ2n) is 14.5. The number of carbonyl (C=O) groups excluding carboxylic acids is 1. The second-order valence-corrected chi connectivity index (χ2v) is 25.1. The molecular weight excluding hydrogens is 791 g/mol. The number of ketones is 1. The normalized spacial score (nSPS) is 12.4. The van der Waals surface area contributed by atoms with Gasteiger partial charge >= 0.3 is 171 Å². The summed E-state index contributed by atoms with van der Waals surface area (Å²) in [5.41, 5.74) is 5.16. The number of aromatic nitrogens is 1. The maximum Gasteiger partial charge on any atom is 0.164 e. The van der Waals surface area contributed by atoms with Crippen LogP contribution in [0.25, 0.3) is 33.2 Å². The minimum atomic E-state index is -1.79. The number of fused-ring (bicyclic) bond motifs is 1. The molecule has 243 valence electrons. The molecule has 4 aromatic rings. The molecule has 1 aromatic heterocycles. The molecule has 0 aliphatic rings. The van der Waals surface area contributed by atoms with Crippen LogP contribution in [0.1, 0.15) is 79.7 Å². The van der Waals surface area contributed by atoms with Gasteiger partial charge in [-0.15, -0.1) is 0 Å². The number of hydrogen-bond donors (Lipinski definition) is 1. The first-order valence-corrected chi connectivity index (χ1v) is 23.3. The number of carbonyl (C=O) groups is 1. The standard InChI is InChI=1S/C27H28GeN.C13H24O2.Ir/c1-19(2)26-17-23(16-22-8-6-7-9-25(22)26)27-18-21(14-15-29-27)20-10-12-24(13-11-20)28(3,4)5;1-7-12(3,4)10(14)9-11(15)13(5,6)8-2;/h6-15,17-19H,1-5H3;9,14H,7-8H2,1-6H3;/q-1;;/b;10-9-;. The Hall–Kier alpha value is -2.53. The molecule has 0 amide bonds. The molecule has 3 nitrogen and oxygen atoms in total. The van der Waals surface area contributed by atoms with Gasteiger partial charge < -0.3 is 5.11 Å². The summed E-state index contributed by atoms with van der Waals surface area (Å²) >= 11 is -1.79. The predicted octanol–water partition coefficient (Wildman–Crippen LogP) is 10.9. The molecule has 0 atom stereocenters. The molecule has 0 bridgehead atoms. The van der Waals surface area contributed by atoms with E-state index in [0.717, 1.165) is 29.5 Å². The fraction of sp³-hybridized carbons (Fsp3) is 0.400. The van der Waals surface area contributed by atoms with Gasteiger partial charge in [-0.1, -0.05) is 47.6 Å². The maximum atomic E-state index is 11.8. The van der Waals surface area contributed by atoms with E-state index in [0.29, 0.717) is 5.92 Å². The van der Waals surface area contributed by atoms with Gasteiger partial charge in [0.25, 0.3) is 0 Å². The van der Waals surface area contributed by atoms with E-state index in [1.54, 1.807) is 0 Å². The van der Waals surface area contributed by atoms with Crippen LogP contribution < -0.4 is 4.40 Å². The Bertz CT molecular complexity index is 1610. The Morgan fingerprint density at radius 3 is 2.04 bits per heavy atom. The van der Waals surface area contributed by atoms with Gasteiger partial charge in [0.15, 0.2) is 5.78 Å². The summed E-state index contributed by atoms with van der Waals surface area (Å²) in [5, 5.41) is 12.3. The first-order chi connectivity index (χ1) is 20.5. The van der Waals surface area contributed by atoms with Crippen LogP contribution in [0.3, 0.4) is 0 Å². The monoisotopic (exact) mass is 845 g/mol. The molecule has 0 unspecified atom stereocenters. The number of hydrogen-bond acceptors (Lipinski definition) is 3. The fourth-order valence-corrected chi connectivity index (χ4v) is 7.11. The molecule has 0 aliphatic carbocycles. The van der Waals surface area contributed by atoms with E-state index in [9.17, 15) is 9.90 Å². The first kappa shape index (κ1) is 38.7. The Kier molecular flexibility index (Phi) is 13.6. The Labute approximate surface area is 288 Å². The molecule has 0 fully saturated rings. The molecule has 1 radical (unpaired) electrons. The average Bonchev–Trinajstić information content (AvgIpc) is 3.00. The topological polar surface area (TPSA) is 50.2 Å². The molecule has 0 saturated heterocycles. The Morgan fingerprint density at radius 2 is 1.49 bits per heavy atom. The van der Waals surface area contributed by atoms with E-state index in [1.165, 1.54) is 32.5 Å². The van der Waals surface area contributed by atoms with Crippen LogP contribution in [-0.4, -0.2) is 29.1 Å². The van der Waals surface area contributed by atoms with Crippen molar-refractivity contribution in [3.05, 3.63) is 96.4 Å². The van der Waals surface area contributed by atoms with Gasteiger partial charge in [-0.3, -0.25) is 4.79 Å². The van der Waals surface area contributed by atoms with E-state index in [4.69, 9.17) is 0 Å². The van der Waals surface area contributed by atoms with Crippen molar-refractivity contribution in [1.29, 1.82) is 0 Å². The summed E-state index contributed by atoms with van der Waals surface area (Å²) < 4.78 is 1.53. The van der Waals surface area contributed by atoms with Gasteiger partial charge in [0.1, 0.15) is 5.76 Å². The van der Waals surface area contributed by atoms with Crippen molar-refractivity contribution in [1.82, 2.24) is 4.98 Å². The maximum absolute atomic E-state index is 11.8. The third-order valence-electron chi connectivity index (χ3n) is 8.95. The van der Waals surface area contributed by atoms with E-state index in [-0.39, 0.29) is 42.5 Å². The summed E-state index contributed by atoms with van der Waals surface area (Å²) in [4.78, 5) is 16.5. The zero-order chi connectivity index (χ0) is 32.9. The van der Waals surface area contributed by atoms with E-state index >= 15 is 0 Å². The smallest absolute Gasteiger partial charge is 0.164 e. The second kappa shape index (κ2) is 15.8. The largest absolute Gasteiger partial charge is 0.512 e. The first-order valence-electron chi connectivity index (χ1n) is 16.0. The minimum absolute atomic E-state index is 0. The van der Waals surface area contributed by atoms with Crippen LogP contribution in [0, 0.1) is 16.9 Å². The average molecular weight is 844 g/mol. The summed E-state index contributed by atoms with van der Waals surface area (Å²) in [6, 6.07) is 27.8. The molecule has 0 aliphatic heterocycles. The number of allylic oxidation sites excluding steroid dienone is 2. The van der Waals surface area contributed by atoms with Gasteiger partial charge in [0.2, 0.25) is 0 Å². The Balaban J connectivity index is 0.000000378. The number of aliphatic hydroxyl groups excluding tert-OH is 1. The predicted molar refractivity (Wildman–Crippen MR) is 192 cm³/mol. The number of nitrogens with zero attached hydrogens (tertiary/aromatic N) is 1. The van der Waals surface area contributed by atoms with Crippen molar-refractivity contribution in [2.24, 2.45) is 10.8 Å². The summed E-state index contributed by atoms with van der Waals surface area (Å²) in [7, 11) is 0. The molecule has 3 aromatic carbocycles. The van der Waals surface area contributed by atoms with E-state index in [1.807, 2.05) is 47.7 Å². The quantitative estimate of drug-likeness (QED) is 0.0790. The molecule has 45 heavy (non-hydrogen) atoms. The van der Waals surface area contributed by atoms with Crippen LogP contribution in [0.4, 0.5) is 0 Å². The fourth-order valence-electron chi connectivity index (χ4n) is 4.66. The van der Waals surface area contributed by atoms with Gasteiger partial charge in [0, 0.05) is 37.0 Å². The molecule has 1 N–H and O–H groups in total. The number of benzene rings is 3. The Morgan fingerprint density at radius 1 is 0.889 bits per heavy atom. The van der Waals surface area contributed by atoms with Crippen LogP contribution in [0.5, 0.6) is 0 Å². The van der Waals surface area contributed by atoms with E-state index < -0.39 is 13.3 Å². The van der Waals surface area contributed by atoms with Crippen molar-refractivity contribution in [2.45, 2.75) is 91.4 Å². The van der Waals surface area contributed by atoms with Crippen LogP contribution in [-0.2, 0) is 24.9 Å². The van der Waals surface area contributed by atoms with Gasteiger partial charge in [0.05, 0.1) is 0 Å². The van der Waals surface area contributed by atoms with Crippen molar-refractivity contribution in [3.63, 3.8) is 0 Å². The number of pyridine rings is 1. The molecule has 5 heteroatoms. The van der Waals surface area contributed by atoms with Gasteiger partial charge in [-0.05, 0) is 12.8 Å². The molecular formula is C40H52GeIrNO2-. The zero-order valence-electron chi connectivity index (χ0n) is 29.1. The summed E-state index contributed by atoms with van der Waals surface area (Å²) in [6.45, 7) is 16.1. The van der Waals surface area contributed by atoms with E-state index in [2.05, 4.69) is 109 Å². The SMILES string of the molecule is CC(C)c1cc(-c2cc(-c3cc[c]([Ge]([CH3])([CH3])[CH3])cc3)ccn2)[c-]c2ccccc12.CCC(C)(C)C(=O)/C=C(\O)C(C)(C)CC.[Ir]. The minimum Gasteiger partial charge on any atom is -0.512 e. The molecule has 0 spiro atoms. The van der Waals surface area contributed by atoms with Crippen LogP contribution in [0.2, 0.25) is 17.3 Å². The number of aliphatic hydroxyl groups is 1. The summed E-state index contributed by atoms with van der Waals surface area (Å²) in [6.07, 6.45) is 4.91. The van der Waals surface area contributed by atoms with Crippen molar-refractivity contribution in [3.8, 4) is 22.4 Å². The third kappa shape index (κ3) is 9.98. The van der Waals surface area contributed by atoms with Gasteiger partial charge in [-0.2, -0.15) is 0 Å². The third-order valence-corrected chi connectivity index (χ3v) is 13.3. The van der Waals surface area contributed by atoms with Crippen LogP contribution >= 0.6 is 0 Å². The van der Waals surface area contributed by atoms with Crippen LogP contribution in [0.15, 0.2) is 84.8 Å².